The zero-order valence-corrected chi connectivity index (χ0v) is 9.74. The smallest absolute Gasteiger partial charge is 0.224 e. The molecule has 1 saturated carbocycles. The van der Waals surface area contributed by atoms with Crippen LogP contribution >= 0.6 is 11.6 Å². The highest BCUT2D eigenvalue weighted by Gasteiger charge is 2.22. The average Bonchev–Trinajstić information content (AvgIpc) is 2.72. The van der Waals surface area contributed by atoms with Gasteiger partial charge in [-0.25, -0.2) is 9.97 Å². The molecule has 0 aliphatic heterocycles. The number of anilines is 1. The van der Waals surface area contributed by atoms with Crippen molar-refractivity contribution in [2.24, 2.45) is 0 Å². The second kappa shape index (κ2) is 4.79. The van der Waals surface area contributed by atoms with Gasteiger partial charge in [-0.1, -0.05) is 12.8 Å². The van der Waals surface area contributed by atoms with Crippen LogP contribution in [0.25, 0.3) is 0 Å². The molecule has 1 fully saturated rings. The molecule has 0 saturated heterocycles. The standard InChI is InChI=1S/C11H16ClN3/c1-2-15(9-5-3-4-6-9)10-7-8-13-11(12)14-10/h7-9H,2-6H2,1H3. The molecule has 0 atom stereocenters. The molecule has 0 bridgehead atoms. The van der Waals surface area contributed by atoms with E-state index >= 15 is 0 Å². The monoisotopic (exact) mass is 225 g/mol. The van der Waals surface area contributed by atoms with E-state index in [4.69, 9.17) is 11.6 Å². The van der Waals surface area contributed by atoms with E-state index in [1.165, 1.54) is 25.7 Å². The lowest BCUT2D eigenvalue weighted by Crippen LogP contribution is -2.33. The molecule has 1 aromatic rings. The quantitative estimate of drug-likeness (QED) is 0.741. The maximum atomic E-state index is 5.80. The molecule has 0 spiro atoms. The van der Waals surface area contributed by atoms with Crippen molar-refractivity contribution >= 4 is 17.4 Å². The Balaban J connectivity index is 2.18. The van der Waals surface area contributed by atoms with Crippen LogP contribution in [0.3, 0.4) is 0 Å². The Kier molecular flexibility index (Phi) is 3.41. The van der Waals surface area contributed by atoms with E-state index in [1.807, 2.05) is 6.07 Å². The minimum atomic E-state index is 0.337. The molecular weight excluding hydrogens is 210 g/mol. The number of hydrogen-bond acceptors (Lipinski definition) is 3. The summed E-state index contributed by atoms with van der Waals surface area (Å²) in [6.45, 7) is 3.15. The summed E-state index contributed by atoms with van der Waals surface area (Å²) in [5.74, 6) is 0.962. The van der Waals surface area contributed by atoms with E-state index in [0.717, 1.165) is 12.4 Å². The fourth-order valence-electron chi connectivity index (χ4n) is 2.31. The Morgan fingerprint density at radius 2 is 2.20 bits per heavy atom. The topological polar surface area (TPSA) is 29.0 Å². The van der Waals surface area contributed by atoms with Crippen LogP contribution in [0.4, 0.5) is 5.82 Å². The van der Waals surface area contributed by atoms with Crippen LogP contribution in [0.5, 0.6) is 0 Å². The van der Waals surface area contributed by atoms with Crippen LogP contribution < -0.4 is 4.90 Å². The maximum Gasteiger partial charge on any atom is 0.224 e. The summed E-state index contributed by atoms with van der Waals surface area (Å²) in [6.07, 6.45) is 6.94. The van der Waals surface area contributed by atoms with E-state index in [-0.39, 0.29) is 0 Å². The van der Waals surface area contributed by atoms with Crippen LogP contribution in [-0.2, 0) is 0 Å². The van der Waals surface area contributed by atoms with Crippen LogP contribution in [0.2, 0.25) is 5.28 Å². The molecular formula is C11H16ClN3. The summed E-state index contributed by atoms with van der Waals surface area (Å²) in [5, 5.41) is 0.337. The number of aromatic nitrogens is 2. The second-order valence-electron chi connectivity index (χ2n) is 3.91. The molecule has 1 aliphatic rings. The Hall–Kier alpha value is -0.830. The van der Waals surface area contributed by atoms with Crippen LogP contribution in [-0.4, -0.2) is 22.6 Å². The molecule has 0 unspecified atom stereocenters. The van der Waals surface area contributed by atoms with E-state index in [9.17, 15) is 0 Å². The van der Waals surface area contributed by atoms with Crippen molar-refractivity contribution in [3.63, 3.8) is 0 Å². The SMILES string of the molecule is CCN(c1ccnc(Cl)n1)C1CCCC1. The number of halogens is 1. The molecule has 1 aliphatic carbocycles. The van der Waals surface area contributed by atoms with Gasteiger partial charge in [0.1, 0.15) is 5.82 Å². The normalized spacial score (nSPS) is 16.9. The van der Waals surface area contributed by atoms with Gasteiger partial charge in [0, 0.05) is 18.8 Å². The first-order valence-corrected chi connectivity index (χ1v) is 5.94. The molecule has 0 radical (unpaired) electrons. The van der Waals surface area contributed by atoms with Gasteiger partial charge in [-0.05, 0) is 37.4 Å². The lowest BCUT2D eigenvalue weighted by Gasteiger charge is -2.28. The maximum absolute atomic E-state index is 5.80. The Morgan fingerprint density at radius 3 is 2.80 bits per heavy atom. The summed E-state index contributed by atoms with van der Waals surface area (Å²) >= 11 is 5.80. The Morgan fingerprint density at radius 1 is 1.47 bits per heavy atom. The summed E-state index contributed by atoms with van der Waals surface area (Å²) in [4.78, 5) is 10.5. The highest BCUT2D eigenvalue weighted by Crippen LogP contribution is 2.26. The number of hydrogen-bond donors (Lipinski definition) is 0. The minimum absolute atomic E-state index is 0.337. The number of nitrogens with zero attached hydrogens (tertiary/aromatic N) is 3. The van der Waals surface area contributed by atoms with Crippen molar-refractivity contribution in [1.82, 2.24) is 9.97 Å². The van der Waals surface area contributed by atoms with Gasteiger partial charge in [0.15, 0.2) is 0 Å². The lowest BCUT2D eigenvalue weighted by atomic mass is 10.2. The van der Waals surface area contributed by atoms with Gasteiger partial charge in [0.05, 0.1) is 0 Å². The summed E-state index contributed by atoms with van der Waals surface area (Å²) in [5.41, 5.74) is 0. The zero-order chi connectivity index (χ0) is 10.7. The van der Waals surface area contributed by atoms with Crippen molar-refractivity contribution in [3.8, 4) is 0 Å². The van der Waals surface area contributed by atoms with Gasteiger partial charge in [-0.2, -0.15) is 0 Å². The van der Waals surface area contributed by atoms with Crippen LogP contribution in [0.15, 0.2) is 12.3 Å². The molecule has 3 nitrogen and oxygen atoms in total. The van der Waals surface area contributed by atoms with Crippen LogP contribution in [0, 0.1) is 0 Å². The van der Waals surface area contributed by atoms with Gasteiger partial charge in [0.25, 0.3) is 0 Å². The fraction of sp³-hybridized carbons (Fsp3) is 0.636. The third-order valence-corrected chi connectivity index (χ3v) is 3.19. The van der Waals surface area contributed by atoms with Crippen molar-refractivity contribution in [2.45, 2.75) is 38.6 Å². The largest absolute Gasteiger partial charge is 0.354 e. The molecule has 0 N–H and O–H groups in total. The molecule has 2 rings (SSSR count). The molecule has 82 valence electrons. The van der Waals surface area contributed by atoms with E-state index in [1.54, 1.807) is 6.20 Å². The van der Waals surface area contributed by atoms with Gasteiger partial charge in [-0.3, -0.25) is 0 Å². The summed E-state index contributed by atoms with van der Waals surface area (Å²) < 4.78 is 0. The second-order valence-corrected chi connectivity index (χ2v) is 4.25. The highest BCUT2D eigenvalue weighted by molar-refractivity contribution is 6.28. The predicted octanol–water partition coefficient (Wildman–Crippen LogP) is 2.90. The Labute approximate surface area is 95.5 Å². The molecule has 15 heavy (non-hydrogen) atoms. The number of rotatable bonds is 3. The summed E-state index contributed by atoms with van der Waals surface area (Å²) in [6, 6.07) is 2.58. The van der Waals surface area contributed by atoms with E-state index in [0.29, 0.717) is 11.3 Å². The minimum Gasteiger partial charge on any atom is -0.354 e. The van der Waals surface area contributed by atoms with Crippen molar-refractivity contribution < 1.29 is 0 Å². The molecule has 0 aromatic carbocycles. The van der Waals surface area contributed by atoms with Gasteiger partial charge >= 0.3 is 0 Å². The van der Waals surface area contributed by atoms with E-state index in [2.05, 4.69) is 21.8 Å². The first-order chi connectivity index (χ1) is 7.31. The zero-order valence-electron chi connectivity index (χ0n) is 8.99. The molecule has 1 heterocycles. The fourth-order valence-corrected chi connectivity index (χ4v) is 2.45. The first kappa shape index (κ1) is 10.7. The molecule has 1 aromatic heterocycles. The highest BCUT2D eigenvalue weighted by atomic mass is 35.5. The predicted molar refractivity (Wildman–Crippen MR) is 62.3 cm³/mol. The third kappa shape index (κ3) is 2.40. The van der Waals surface area contributed by atoms with Gasteiger partial charge < -0.3 is 4.90 Å². The molecule has 4 heteroatoms. The third-order valence-electron chi connectivity index (χ3n) is 3.01. The van der Waals surface area contributed by atoms with Gasteiger partial charge in [0.2, 0.25) is 5.28 Å². The van der Waals surface area contributed by atoms with Crippen molar-refractivity contribution in [2.75, 3.05) is 11.4 Å². The first-order valence-electron chi connectivity index (χ1n) is 5.56. The molecule has 0 amide bonds. The average molecular weight is 226 g/mol. The Bertz CT molecular complexity index is 323. The van der Waals surface area contributed by atoms with Crippen LogP contribution in [0.1, 0.15) is 32.6 Å². The van der Waals surface area contributed by atoms with E-state index < -0.39 is 0 Å². The lowest BCUT2D eigenvalue weighted by molar-refractivity contribution is 0.612. The van der Waals surface area contributed by atoms with Crippen molar-refractivity contribution in [3.05, 3.63) is 17.5 Å². The van der Waals surface area contributed by atoms with Crippen molar-refractivity contribution in [1.29, 1.82) is 0 Å². The summed E-state index contributed by atoms with van der Waals surface area (Å²) in [7, 11) is 0. The van der Waals surface area contributed by atoms with Gasteiger partial charge in [-0.15, -0.1) is 0 Å².